The number of nitrogens with one attached hydrogen (secondary N) is 3. The molecular formula is C23H31FN3O2+. The SMILES string of the molecule is O=C(C[NH+](Cc1ccc(F)cc1)C1CC1)NC(=O)NC12CC3CC(CC(C3)C1)C2. The van der Waals surface area contributed by atoms with Crippen molar-refractivity contribution in [2.75, 3.05) is 6.54 Å². The Morgan fingerprint density at radius 1 is 1.00 bits per heavy atom. The van der Waals surface area contributed by atoms with Gasteiger partial charge in [0.2, 0.25) is 0 Å². The molecule has 0 spiro atoms. The summed E-state index contributed by atoms with van der Waals surface area (Å²) in [5.41, 5.74) is 0.926. The van der Waals surface area contributed by atoms with Crippen LogP contribution < -0.4 is 15.5 Å². The van der Waals surface area contributed by atoms with Crippen LogP contribution in [0.15, 0.2) is 24.3 Å². The highest BCUT2D eigenvalue weighted by atomic mass is 19.1. The highest BCUT2D eigenvalue weighted by Gasteiger charge is 2.51. The molecule has 0 aliphatic heterocycles. The largest absolute Gasteiger partial charge is 0.332 e. The molecule has 29 heavy (non-hydrogen) atoms. The van der Waals surface area contributed by atoms with Gasteiger partial charge < -0.3 is 10.2 Å². The summed E-state index contributed by atoms with van der Waals surface area (Å²) in [4.78, 5) is 26.3. The van der Waals surface area contributed by atoms with E-state index in [1.54, 1.807) is 12.1 Å². The van der Waals surface area contributed by atoms with Gasteiger partial charge in [0.25, 0.3) is 5.91 Å². The highest BCUT2D eigenvalue weighted by molar-refractivity contribution is 5.95. The van der Waals surface area contributed by atoms with Crippen LogP contribution in [0.4, 0.5) is 9.18 Å². The molecule has 5 aliphatic rings. The van der Waals surface area contributed by atoms with Crippen molar-refractivity contribution < 1.29 is 18.9 Å². The number of carbonyl (C=O) groups excluding carboxylic acids is 2. The number of imide groups is 1. The van der Waals surface area contributed by atoms with E-state index in [0.717, 1.165) is 60.3 Å². The van der Waals surface area contributed by atoms with E-state index in [1.165, 1.54) is 31.4 Å². The first-order valence-electron chi connectivity index (χ1n) is 11.2. The van der Waals surface area contributed by atoms with Crippen molar-refractivity contribution in [2.24, 2.45) is 17.8 Å². The number of amides is 3. The van der Waals surface area contributed by atoms with Crippen LogP contribution >= 0.6 is 0 Å². The second-order valence-electron chi connectivity index (χ2n) is 10.1. The van der Waals surface area contributed by atoms with Crippen LogP contribution in [-0.2, 0) is 11.3 Å². The fraction of sp³-hybridized carbons (Fsp3) is 0.652. The minimum atomic E-state index is -0.325. The Morgan fingerprint density at radius 3 is 2.14 bits per heavy atom. The quantitative estimate of drug-likeness (QED) is 0.685. The lowest BCUT2D eigenvalue weighted by Crippen LogP contribution is -3.13. The number of benzene rings is 1. The maximum Gasteiger partial charge on any atom is 0.322 e. The lowest BCUT2D eigenvalue weighted by Gasteiger charge is -2.56. The van der Waals surface area contributed by atoms with Crippen molar-refractivity contribution >= 4 is 11.9 Å². The Balaban J connectivity index is 1.15. The third-order valence-corrected chi connectivity index (χ3v) is 7.56. The van der Waals surface area contributed by atoms with E-state index >= 15 is 0 Å². The highest BCUT2D eigenvalue weighted by Crippen LogP contribution is 2.55. The van der Waals surface area contributed by atoms with E-state index in [9.17, 15) is 14.0 Å². The van der Waals surface area contributed by atoms with Crippen molar-refractivity contribution in [3.8, 4) is 0 Å². The van der Waals surface area contributed by atoms with Crippen LogP contribution in [0.25, 0.3) is 0 Å². The summed E-state index contributed by atoms with van der Waals surface area (Å²) in [6.45, 7) is 0.950. The predicted molar refractivity (Wildman–Crippen MR) is 107 cm³/mol. The fourth-order valence-electron chi connectivity index (χ4n) is 6.62. The zero-order valence-corrected chi connectivity index (χ0v) is 16.9. The van der Waals surface area contributed by atoms with Crippen molar-refractivity contribution in [3.63, 3.8) is 0 Å². The summed E-state index contributed by atoms with van der Waals surface area (Å²) in [6, 6.07) is 6.59. The summed E-state index contributed by atoms with van der Waals surface area (Å²) in [5.74, 6) is 1.78. The maximum absolute atomic E-state index is 13.1. The summed E-state index contributed by atoms with van der Waals surface area (Å²) in [7, 11) is 0. The molecule has 0 heterocycles. The van der Waals surface area contributed by atoms with E-state index in [1.807, 2.05) is 0 Å². The molecule has 5 saturated carbocycles. The molecule has 1 aromatic rings. The van der Waals surface area contributed by atoms with Gasteiger partial charge in [-0.3, -0.25) is 10.1 Å². The zero-order chi connectivity index (χ0) is 20.0. The van der Waals surface area contributed by atoms with Crippen molar-refractivity contribution in [2.45, 2.75) is 69.5 Å². The molecule has 5 nitrogen and oxygen atoms in total. The van der Waals surface area contributed by atoms with E-state index < -0.39 is 0 Å². The van der Waals surface area contributed by atoms with E-state index in [2.05, 4.69) is 10.6 Å². The Kier molecular flexibility index (Phi) is 4.85. The summed E-state index contributed by atoms with van der Waals surface area (Å²) in [5, 5.41) is 5.80. The minimum Gasteiger partial charge on any atom is -0.332 e. The number of carbonyl (C=O) groups is 2. The molecule has 6 heteroatoms. The maximum atomic E-state index is 13.1. The second-order valence-corrected chi connectivity index (χ2v) is 10.1. The average Bonchev–Trinajstić information content (AvgIpc) is 3.46. The lowest BCUT2D eigenvalue weighted by atomic mass is 9.53. The Bertz CT molecular complexity index is 755. The molecule has 3 amide bonds. The first-order valence-corrected chi connectivity index (χ1v) is 11.2. The van der Waals surface area contributed by atoms with Crippen molar-refractivity contribution in [3.05, 3.63) is 35.6 Å². The molecule has 6 rings (SSSR count). The topological polar surface area (TPSA) is 62.6 Å². The third-order valence-electron chi connectivity index (χ3n) is 7.56. The van der Waals surface area contributed by atoms with E-state index in [-0.39, 0.29) is 29.8 Å². The van der Waals surface area contributed by atoms with Gasteiger partial charge in [-0.1, -0.05) is 12.1 Å². The van der Waals surface area contributed by atoms with Gasteiger partial charge in [0.05, 0.1) is 6.04 Å². The van der Waals surface area contributed by atoms with Gasteiger partial charge in [-0.05, 0) is 68.4 Å². The first kappa shape index (κ1) is 19.0. The zero-order valence-electron chi connectivity index (χ0n) is 16.9. The summed E-state index contributed by atoms with van der Waals surface area (Å²) >= 11 is 0. The fourth-order valence-corrected chi connectivity index (χ4v) is 6.62. The molecular weight excluding hydrogens is 369 g/mol. The molecule has 1 unspecified atom stereocenters. The molecule has 3 N–H and O–H groups in total. The van der Waals surface area contributed by atoms with Gasteiger partial charge in [-0.25, -0.2) is 9.18 Å². The molecule has 1 atom stereocenters. The normalized spacial score (nSPS) is 33.3. The number of hydrogen-bond acceptors (Lipinski definition) is 2. The molecule has 0 aromatic heterocycles. The monoisotopic (exact) mass is 400 g/mol. The smallest absolute Gasteiger partial charge is 0.322 e. The molecule has 5 fully saturated rings. The molecule has 156 valence electrons. The molecule has 4 bridgehead atoms. The van der Waals surface area contributed by atoms with Gasteiger partial charge in [0.1, 0.15) is 12.4 Å². The standard InChI is InChI=1S/C23H30FN3O2/c24-19-3-1-15(2-4-19)13-27(20-5-6-20)14-21(28)25-22(29)26-23-10-16-7-17(11-23)9-18(8-16)12-23/h1-4,16-18,20H,5-14H2,(H2,25,26,28,29)/p+1. The molecule has 5 aliphatic carbocycles. The van der Waals surface area contributed by atoms with Crippen LogP contribution in [0.3, 0.4) is 0 Å². The van der Waals surface area contributed by atoms with Crippen molar-refractivity contribution in [1.29, 1.82) is 0 Å². The molecule has 1 aromatic carbocycles. The molecule has 0 saturated heterocycles. The van der Waals surface area contributed by atoms with Crippen LogP contribution in [0.5, 0.6) is 0 Å². The number of urea groups is 1. The Labute approximate surface area is 171 Å². The Morgan fingerprint density at radius 2 is 1.59 bits per heavy atom. The van der Waals surface area contributed by atoms with Gasteiger partial charge >= 0.3 is 6.03 Å². The lowest BCUT2D eigenvalue weighted by molar-refractivity contribution is -0.917. The van der Waals surface area contributed by atoms with E-state index in [0.29, 0.717) is 12.6 Å². The van der Waals surface area contributed by atoms with Crippen LogP contribution in [0.1, 0.15) is 56.9 Å². The van der Waals surface area contributed by atoms with E-state index in [4.69, 9.17) is 0 Å². The van der Waals surface area contributed by atoms with Crippen LogP contribution in [0.2, 0.25) is 0 Å². The van der Waals surface area contributed by atoms with Gasteiger partial charge in [0, 0.05) is 23.9 Å². The first-order chi connectivity index (χ1) is 14.0. The van der Waals surface area contributed by atoms with Gasteiger partial charge in [-0.15, -0.1) is 0 Å². The van der Waals surface area contributed by atoms with Gasteiger partial charge in [0.15, 0.2) is 6.54 Å². The number of hydrogen-bond donors (Lipinski definition) is 3. The van der Waals surface area contributed by atoms with Crippen LogP contribution in [0, 0.1) is 23.6 Å². The molecule has 0 radical (unpaired) electrons. The van der Waals surface area contributed by atoms with Crippen LogP contribution in [-0.4, -0.2) is 30.1 Å². The Hall–Kier alpha value is -1.95. The van der Waals surface area contributed by atoms with Gasteiger partial charge in [-0.2, -0.15) is 0 Å². The number of rotatable bonds is 6. The van der Waals surface area contributed by atoms with Crippen molar-refractivity contribution in [1.82, 2.24) is 10.6 Å². The predicted octanol–water partition coefficient (Wildman–Crippen LogP) is 2.17. The summed E-state index contributed by atoms with van der Waals surface area (Å²) in [6.07, 6.45) is 9.40. The third kappa shape index (κ3) is 4.32. The number of halogens is 1. The second kappa shape index (κ2) is 7.38. The summed E-state index contributed by atoms with van der Waals surface area (Å²) < 4.78 is 13.1. The minimum absolute atomic E-state index is 0.0870. The average molecular weight is 401 g/mol. The number of quaternary nitrogens is 1.